The third-order valence-corrected chi connectivity index (χ3v) is 37.5. The topological polar surface area (TPSA) is 15.5 Å². The van der Waals surface area contributed by atoms with Crippen LogP contribution in [0.1, 0.15) is 315 Å². The third kappa shape index (κ3) is 18.6. The van der Waals surface area contributed by atoms with Crippen LogP contribution in [0.2, 0.25) is 0 Å². The van der Waals surface area contributed by atoms with Crippen LogP contribution in [-0.2, 0) is 28.2 Å². The van der Waals surface area contributed by atoms with Crippen LogP contribution in [-0.4, -0.2) is 0 Å². The smallest absolute Gasteiger partial charge is 0.200 e. The minimum Gasteiger partial charge on any atom is -0.200 e. The highest BCUT2D eigenvalue weighted by molar-refractivity contribution is 5.99. The van der Waals surface area contributed by atoms with Crippen LogP contribution in [0.3, 0.4) is 0 Å². The number of fused-ring (bicyclic) bond motifs is 16. The Balaban J connectivity index is 0.000000106. The minimum atomic E-state index is 0.478. The van der Waals surface area contributed by atoms with E-state index in [-0.39, 0.29) is 0 Å². The van der Waals surface area contributed by atoms with Gasteiger partial charge in [-0.2, -0.15) is 0 Å². The van der Waals surface area contributed by atoms with E-state index in [0.717, 1.165) is 82.9 Å². The monoisotopic (exact) mass is 1820 g/mol. The molecule has 14 saturated carbocycles. The van der Waals surface area contributed by atoms with Crippen LogP contribution < -0.4 is 18.3 Å². The first kappa shape index (κ1) is 92.1. The molecule has 4 aromatic heterocycles. The SMILES string of the molecule is Cc1c(-c2c3ccc(C4CC5CCC4CC5)cc3cc[n+]2C)cc(-c2ccccc2)cc1C(C)C.Cc1c(-c2c3ccc(C4CC5CCC4CC5)cc3cc[n+]2C)cc(C2CCCCC2)cc1C1CCCCC1.Cc1cc(-c2ccccc2)cc(-c2c3ccc(C4CC5CCC4CC5)cc3cc[n+]2C)c1C.Cc1ccc(-c2ccccc2)cc1-c1c2ccc(C3CC4CCC3CC4)cc2cc[n+]1C. The second-order valence-corrected chi connectivity index (χ2v) is 45.9. The van der Waals surface area contributed by atoms with Gasteiger partial charge in [0.15, 0.2) is 24.8 Å². The maximum Gasteiger partial charge on any atom is 0.220 e. The highest BCUT2D eigenvalue weighted by atomic mass is 14.9. The van der Waals surface area contributed by atoms with Gasteiger partial charge in [0, 0.05) is 24.3 Å². The van der Waals surface area contributed by atoms with E-state index < -0.39 is 0 Å². The van der Waals surface area contributed by atoms with Crippen LogP contribution in [0.5, 0.6) is 0 Å². The van der Waals surface area contributed by atoms with Crippen molar-refractivity contribution in [2.45, 2.75) is 283 Å². The zero-order valence-electron chi connectivity index (χ0n) is 85.1. The lowest BCUT2D eigenvalue weighted by atomic mass is 9.63. The molecular formula is C134H152N4+4. The summed E-state index contributed by atoms with van der Waals surface area (Å²) >= 11 is 0. The van der Waals surface area contributed by atoms with Crippen molar-refractivity contribution in [1.82, 2.24) is 0 Å². The van der Waals surface area contributed by atoms with Crippen molar-refractivity contribution in [3.63, 3.8) is 0 Å². The Labute approximate surface area is 826 Å². The average Bonchev–Trinajstić information content (AvgIpc) is 0.765. The molecule has 4 heterocycles. The molecule has 14 aliphatic rings. The summed E-state index contributed by atoms with van der Waals surface area (Å²) in [6.07, 6.45) is 52.0. The number of hydrogen-bond donors (Lipinski definition) is 0. The lowest BCUT2D eigenvalue weighted by Gasteiger charge is -2.42. The van der Waals surface area contributed by atoms with Crippen LogP contribution in [0.4, 0.5) is 0 Å². The molecule has 0 saturated heterocycles. The molecule has 0 aliphatic heterocycles. The van der Waals surface area contributed by atoms with Crippen molar-refractivity contribution >= 4 is 43.1 Å². The summed E-state index contributed by atoms with van der Waals surface area (Å²) in [6, 6.07) is 93.0. The molecule has 0 spiro atoms. The van der Waals surface area contributed by atoms with E-state index in [1.165, 1.54) is 342 Å². The van der Waals surface area contributed by atoms with Gasteiger partial charge in [0.1, 0.15) is 28.2 Å². The molecule has 4 nitrogen and oxygen atoms in total. The summed E-state index contributed by atoms with van der Waals surface area (Å²) in [5.41, 5.74) is 36.7. The zero-order valence-corrected chi connectivity index (χ0v) is 85.1. The molecule has 4 atom stereocenters. The normalized spacial score (nSPS) is 23.3. The van der Waals surface area contributed by atoms with Crippen LogP contribution in [0, 0.1) is 82.0 Å². The molecule has 8 bridgehead atoms. The fourth-order valence-electron chi connectivity index (χ4n) is 29.5. The number of rotatable bonds is 14. The molecule has 29 rings (SSSR count). The van der Waals surface area contributed by atoms with Gasteiger partial charge in [-0.15, -0.1) is 0 Å². The van der Waals surface area contributed by atoms with Gasteiger partial charge < -0.3 is 0 Å². The molecule has 11 aromatic carbocycles. The van der Waals surface area contributed by atoms with Gasteiger partial charge in [0.25, 0.3) is 0 Å². The lowest BCUT2D eigenvalue weighted by Crippen LogP contribution is -2.31. The Bertz CT molecular complexity index is 6950. The minimum absolute atomic E-state index is 0.478. The molecule has 704 valence electrons. The first-order chi connectivity index (χ1) is 67.4. The molecule has 15 aromatic rings. The van der Waals surface area contributed by atoms with Gasteiger partial charge >= 0.3 is 0 Å². The third-order valence-electron chi connectivity index (χ3n) is 37.5. The van der Waals surface area contributed by atoms with Crippen LogP contribution in [0.25, 0.3) is 122 Å². The van der Waals surface area contributed by atoms with E-state index in [1.807, 2.05) is 0 Å². The maximum absolute atomic E-state index is 2.67. The molecule has 138 heavy (non-hydrogen) atoms. The number of aromatic nitrogens is 4. The highest BCUT2D eigenvalue weighted by Gasteiger charge is 2.42. The van der Waals surface area contributed by atoms with Crippen LogP contribution in [0.15, 0.2) is 267 Å². The summed E-state index contributed by atoms with van der Waals surface area (Å²) in [4.78, 5) is 0. The molecular weight excluding hydrogens is 1670 g/mol. The van der Waals surface area contributed by atoms with Gasteiger partial charge in [-0.3, -0.25) is 0 Å². The first-order valence-corrected chi connectivity index (χ1v) is 54.8. The van der Waals surface area contributed by atoms with E-state index in [0.29, 0.717) is 5.92 Å². The molecule has 0 N–H and O–H groups in total. The Morgan fingerprint density at radius 3 is 0.920 bits per heavy atom. The quantitative estimate of drug-likeness (QED) is 0.0965. The first-order valence-electron chi connectivity index (χ1n) is 54.8. The second-order valence-electron chi connectivity index (χ2n) is 45.9. The molecule has 14 aliphatic carbocycles. The number of hydrogen-bond acceptors (Lipinski definition) is 0. The summed E-state index contributed by atoms with van der Waals surface area (Å²) in [6.45, 7) is 16.1. The fraction of sp³-hybridized carbons (Fsp3) is 0.418. The van der Waals surface area contributed by atoms with Gasteiger partial charge in [0.05, 0.1) is 43.8 Å². The predicted octanol–water partition coefficient (Wildman–Crippen LogP) is 34.3. The zero-order chi connectivity index (χ0) is 93.9. The van der Waals surface area contributed by atoms with Crippen LogP contribution >= 0.6 is 0 Å². The van der Waals surface area contributed by atoms with Crippen molar-refractivity contribution in [2.75, 3.05) is 0 Å². The molecule has 0 radical (unpaired) electrons. The number of benzene rings is 11. The van der Waals surface area contributed by atoms with Gasteiger partial charge in [0.2, 0.25) is 22.8 Å². The second kappa shape index (κ2) is 40.0. The van der Waals surface area contributed by atoms with E-state index in [2.05, 4.69) is 362 Å². The van der Waals surface area contributed by atoms with Crippen molar-refractivity contribution in [3.05, 3.63) is 334 Å². The Morgan fingerprint density at radius 2 is 0.565 bits per heavy atom. The van der Waals surface area contributed by atoms with Crippen molar-refractivity contribution < 1.29 is 18.3 Å². The number of pyridine rings is 4. The Morgan fingerprint density at radius 1 is 0.239 bits per heavy atom. The Hall–Kier alpha value is -10.9. The highest BCUT2D eigenvalue weighted by Crippen LogP contribution is 2.56. The largest absolute Gasteiger partial charge is 0.220 e. The molecule has 4 heteroatoms. The number of nitrogens with zero attached hydrogens (tertiary/aromatic N) is 4. The van der Waals surface area contributed by atoms with Crippen molar-refractivity contribution in [3.8, 4) is 78.4 Å². The standard InChI is InChI=1S/C37H48N.C34H38N.C32H34N.C31H32N/c1-25-34(28-11-7-4-8-12-28)23-32(27-9-5-3-6-10-27)24-35(25)37-33-18-17-30(22-31(33)19-20-38(37)2)36-21-26-13-15-29(36)16-14-26;1-22(2)31-20-29(25-8-6-5-7-9-25)21-32(23(31)3)34-30-15-14-27(19-28(30)16-17-35(34)4)33-18-24-10-12-26(33)13-11-24;1-21-17-28(24-7-5-4-6-8-24)20-30(22(21)2)32-29-14-13-26(19-27(29)15-16-33(32)3)31-18-23-9-11-25(31)12-10-23;1-21-8-11-25(23-6-4-3-5-7-23)20-29(21)31-28-15-14-26(19-27(28)16-17-32(31)2)30-18-22-9-12-24(30)13-10-22/h17-20,22-24,26-29,36H,3-16,21H2,1-2H3;5-9,14-17,19-22,24,26,33H,10-13,18H2,1-4H3;4-8,13-17,19-20,23,25,31H,9-12,18H2,1-3H3;3-8,11,14-17,19-20,22,24,30H,9-10,12-13,18H2,1-2H3/q4*+1. The average molecular weight is 1820 g/mol. The fourth-order valence-corrected chi connectivity index (χ4v) is 29.5. The summed E-state index contributed by atoms with van der Waals surface area (Å²) in [7, 11) is 8.84. The summed E-state index contributed by atoms with van der Waals surface area (Å²) < 4.78 is 9.34. The maximum atomic E-state index is 2.67. The summed E-state index contributed by atoms with van der Waals surface area (Å²) in [5, 5.41) is 11.1. The lowest BCUT2D eigenvalue weighted by molar-refractivity contribution is -0.659. The van der Waals surface area contributed by atoms with E-state index in [4.69, 9.17) is 0 Å². The summed E-state index contributed by atoms with van der Waals surface area (Å²) in [5.74, 6) is 12.6. The van der Waals surface area contributed by atoms with E-state index in [1.54, 1.807) is 38.9 Å². The van der Waals surface area contributed by atoms with Crippen molar-refractivity contribution in [2.24, 2.45) is 75.5 Å². The van der Waals surface area contributed by atoms with Gasteiger partial charge in [-0.1, -0.05) is 274 Å². The molecule has 0 amide bonds. The molecule has 4 unspecified atom stereocenters. The molecule has 14 fully saturated rings. The van der Waals surface area contributed by atoms with E-state index >= 15 is 0 Å². The predicted molar refractivity (Wildman–Crippen MR) is 579 cm³/mol. The Kier molecular flexibility index (Phi) is 26.7. The van der Waals surface area contributed by atoms with Gasteiger partial charge in [-0.25, -0.2) is 18.3 Å². The van der Waals surface area contributed by atoms with Gasteiger partial charge in [-0.05, 0) is 396 Å². The number of aryl methyl sites for hydroxylation is 6. The van der Waals surface area contributed by atoms with E-state index in [9.17, 15) is 0 Å². The van der Waals surface area contributed by atoms with Crippen molar-refractivity contribution in [1.29, 1.82) is 0 Å².